The highest BCUT2D eigenvalue weighted by Crippen LogP contribution is 2.37. The van der Waals surface area contributed by atoms with Gasteiger partial charge in [-0.2, -0.15) is 0 Å². The first kappa shape index (κ1) is 17.3. The Balaban J connectivity index is 1.98. The molecule has 0 aliphatic rings. The lowest BCUT2D eigenvalue weighted by Crippen LogP contribution is -2.12. The fourth-order valence-electron chi connectivity index (χ4n) is 2.14. The first-order valence-corrected chi connectivity index (χ1v) is 9.50. The average molecular weight is 338 g/mol. The summed E-state index contributed by atoms with van der Waals surface area (Å²) < 4.78 is 15.4. The molecule has 2 aromatic carbocycles. The Morgan fingerprint density at radius 3 is 1.77 bits per heavy atom. The van der Waals surface area contributed by atoms with E-state index in [1.54, 1.807) is 0 Å². The highest BCUT2D eigenvalue weighted by Gasteiger charge is 2.17. The number of hydrogen-bond acceptors (Lipinski definition) is 3. The zero-order valence-electron chi connectivity index (χ0n) is 12.0. The number of thioether (sulfide) groups is 1. The number of phosphoric acid groups is 1. The van der Waals surface area contributed by atoms with Crippen molar-refractivity contribution in [3.63, 3.8) is 0 Å². The third-order valence-corrected chi connectivity index (χ3v) is 4.84. The highest BCUT2D eigenvalue weighted by molar-refractivity contribution is 7.99. The highest BCUT2D eigenvalue weighted by atomic mass is 32.2. The van der Waals surface area contributed by atoms with Crippen molar-refractivity contribution in [1.29, 1.82) is 0 Å². The van der Waals surface area contributed by atoms with Gasteiger partial charge >= 0.3 is 7.82 Å². The van der Waals surface area contributed by atoms with Gasteiger partial charge in [0.1, 0.15) is 5.94 Å². The van der Waals surface area contributed by atoms with Crippen LogP contribution in [0, 0.1) is 0 Å². The third-order valence-electron chi connectivity index (χ3n) is 3.14. The molecule has 2 N–H and O–H groups in total. The molecular weight excluding hydrogens is 319 g/mol. The van der Waals surface area contributed by atoms with Crippen LogP contribution in [0.5, 0.6) is 0 Å². The zero-order valence-corrected chi connectivity index (χ0v) is 13.7. The second kappa shape index (κ2) is 8.51. The minimum atomic E-state index is -4.41. The van der Waals surface area contributed by atoms with Crippen LogP contribution < -0.4 is 0 Å². The van der Waals surface area contributed by atoms with Gasteiger partial charge in [-0.15, -0.1) is 11.8 Å². The maximum absolute atomic E-state index is 10.8. The van der Waals surface area contributed by atoms with E-state index in [0.29, 0.717) is 0 Å². The summed E-state index contributed by atoms with van der Waals surface area (Å²) in [7, 11) is -4.41. The van der Waals surface area contributed by atoms with Crippen molar-refractivity contribution in [2.24, 2.45) is 0 Å². The van der Waals surface area contributed by atoms with Crippen LogP contribution in [0.2, 0.25) is 0 Å². The topological polar surface area (TPSA) is 66.8 Å². The van der Waals surface area contributed by atoms with E-state index in [9.17, 15) is 4.57 Å². The number of hydrogen-bond donors (Lipinski definition) is 2. The van der Waals surface area contributed by atoms with Gasteiger partial charge in [0.25, 0.3) is 0 Å². The molecule has 0 radical (unpaired) electrons. The molecule has 0 fully saturated rings. The molecule has 0 saturated heterocycles. The Morgan fingerprint density at radius 2 is 1.36 bits per heavy atom. The van der Waals surface area contributed by atoms with E-state index in [2.05, 4.69) is 28.8 Å². The second-order valence-corrected chi connectivity index (χ2v) is 7.38. The lowest BCUT2D eigenvalue weighted by Gasteiger charge is -2.17. The molecule has 4 nitrogen and oxygen atoms in total. The number of benzene rings is 2. The van der Waals surface area contributed by atoms with Crippen LogP contribution in [0.3, 0.4) is 0 Å². The lowest BCUT2D eigenvalue weighted by molar-refractivity contribution is 0.227. The molecule has 0 spiro atoms. The minimum absolute atomic E-state index is 0.0192. The van der Waals surface area contributed by atoms with Gasteiger partial charge in [-0.05, 0) is 24.0 Å². The van der Waals surface area contributed by atoms with E-state index >= 15 is 0 Å². The smallest absolute Gasteiger partial charge is 0.303 e. The van der Waals surface area contributed by atoms with Crippen molar-refractivity contribution >= 4 is 19.6 Å². The van der Waals surface area contributed by atoms with Gasteiger partial charge in [-0.3, -0.25) is 4.52 Å². The summed E-state index contributed by atoms with van der Waals surface area (Å²) in [6.07, 6.45) is 1.65. The van der Waals surface area contributed by atoms with E-state index in [4.69, 9.17) is 9.79 Å². The summed E-state index contributed by atoms with van der Waals surface area (Å²) in [6.45, 7) is 0. The Bertz CT molecular complexity index is 559. The largest absolute Gasteiger partial charge is 0.470 e. The molecule has 2 rings (SSSR count). The quantitative estimate of drug-likeness (QED) is 0.568. The SMILES string of the molecule is O=P(O)(O)OCSC(Cc1ccccc1)Cc1ccccc1. The molecule has 0 heterocycles. The third kappa shape index (κ3) is 6.77. The molecule has 0 atom stereocenters. The van der Waals surface area contributed by atoms with Gasteiger partial charge in [-0.1, -0.05) is 60.7 Å². The molecule has 0 amide bonds. The number of phosphoric ester groups is 1. The van der Waals surface area contributed by atoms with Crippen molar-refractivity contribution in [2.45, 2.75) is 18.1 Å². The van der Waals surface area contributed by atoms with Crippen LogP contribution in [0.4, 0.5) is 0 Å². The molecule has 0 aliphatic carbocycles. The molecule has 6 heteroatoms. The van der Waals surface area contributed by atoms with Crippen LogP contribution in [0.15, 0.2) is 60.7 Å². The molecule has 0 unspecified atom stereocenters. The van der Waals surface area contributed by atoms with Crippen molar-refractivity contribution in [2.75, 3.05) is 5.94 Å². The molecule has 118 valence electrons. The first-order chi connectivity index (χ1) is 10.5. The van der Waals surface area contributed by atoms with E-state index < -0.39 is 7.82 Å². The van der Waals surface area contributed by atoms with Crippen molar-refractivity contribution < 1.29 is 18.9 Å². The molecule has 0 saturated carbocycles. The Labute approximate surface area is 134 Å². The Kier molecular flexibility index (Phi) is 6.68. The molecule has 2 aromatic rings. The van der Waals surface area contributed by atoms with Crippen molar-refractivity contribution in [1.82, 2.24) is 0 Å². The molecule has 0 aliphatic heterocycles. The Morgan fingerprint density at radius 1 is 0.909 bits per heavy atom. The summed E-state index contributed by atoms with van der Waals surface area (Å²) in [5, 5.41) is 0.191. The summed E-state index contributed by atoms with van der Waals surface area (Å²) in [4.78, 5) is 17.6. The van der Waals surface area contributed by atoms with Crippen molar-refractivity contribution in [3.8, 4) is 0 Å². The molecular formula is C16H19O4PS. The first-order valence-electron chi connectivity index (χ1n) is 6.92. The number of rotatable bonds is 8. The zero-order chi connectivity index (χ0) is 15.8. The standard InChI is InChI=1S/C16H19O4PS/c17-21(18,19)20-13-22-16(11-14-7-3-1-4-8-14)12-15-9-5-2-6-10-15/h1-10,16H,11-13H2,(H2,17,18,19). The van der Waals surface area contributed by atoms with Gasteiger partial charge in [0, 0.05) is 5.25 Å². The van der Waals surface area contributed by atoms with Gasteiger partial charge in [0.05, 0.1) is 0 Å². The predicted molar refractivity (Wildman–Crippen MR) is 89.7 cm³/mol. The van der Waals surface area contributed by atoms with Gasteiger partial charge in [-0.25, -0.2) is 4.57 Å². The maximum Gasteiger partial charge on any atom is 0.470 e. The van der Waals surface area contributed by atoms with Gasteiger partial charge in [0.15, 0.2) is 0 Å². The summed E-state index contributed by atoms with van der Waals surface area (Å²) in [6, 6.07) is 20.1. The summed E-state index contributed by atoms with van der Waals surface area (Å²) in [5.74, 6) is -0.0192. The monoisotopic (exact) mass is 338 g/mol. The molecule has 0 bridgehead atoms. The average Bonchev–Trinajstić information content (AvgIpc) is 2.48. The van der Waals surface area contributed by atoms with Crippen LogP contribution in [-0.4, -0.2) is 21.0 Å². The molecule has 22 heavy (non-hydrogen) atoms. The van der Waals surface area contributed by atoms with Gasteiger partial charge in [0.2, 0.25) is 0 Å². The van der Waals surface area contributed by atoms with Crippen molar-refractivity contribution in [3.05, 3.63) is 71.8 Å². The fourth-order valence-corrected chi connectivity index (χ4v) is 3.75. The normalized spacial score (nSPS) is 11.8. The second-order valence-electron chi connectivity index (χ2n) is 4.91. The van der Waals surface area contributed by atoms with Crippen LogP contribution >= 0.6 is 19.6 Å². The minimum Gasteiger partial charge on any atom is -0.303 e. The molecule has 0 aromatic heterocycles. The van der Waals surface area contributed by atoms with E-state index in [0.717, 1.165) is 12.8 Å². The lowest BCUT2D eigenvalue weighted by atomic mass is 10.0. The Hall–Kier alpha value is -1.10. The summed E-state index contributed by atoms with van der Waals surface area (Å²) >= 11 is 1.42. The van der Waals surface area contributed by atoms with E-state index in [-0.39, 0.29) is 11.2 Å². The van der Waals surface area contributed by atoms with Gasteiger partial charge < -0.3 is 9.79 Å². The predicted octanol–water partition coefficient (Wildman–Crippen LogP) is 3.64. The maximum atomic E-state index is 10.8. The van der Waals surface area contributed by atoms with Crippen LogP contribution in [0.1, 0.15) is 11.1 Å². The summed E-state index contributed by atoms with van der Waals surface area (Å²) in [5.41, 5.74) is 2.40. The van der Waals surface area contributed by atoms with Crippen LogP contribution in [-0.2, 0) is 21.9 Å². The van der Waals surface area contributed by atoms with E-state index in [1.165, 1.54) is 22.9 Å². The fraction of sp³-hybridized carbons (Fsp3) is 0.250. The van der Waals surface area contributed by atoms with Crippen LogP contribution in [0.25, 0.3) is 0 Å². The van der Waals surface area contributed by atoms with E-state index in [1.807, 2.05) is 36.4 Å².